The molecule has 0 heterocycles. The summed E-state index contributed by atoms with van der Waals surface area (Å²) in [5.41, 5.74) is 2.71. The van der Waals surface area contributed by atoms with Crippen molar-refractivity contribution in [2.24, 2.45) is 0 Å². The quantitative estimate of drug-likeness (QED) is 0.713. The first kappa shape index (κ1) is 7.99. The van der Waals surface area contributed by atoms with Crippen molar-refractivity contribution >= 4 is 30.3 Å². The summed E-state index contributed by atoms with van der Waals surface area (Å²) < 4.78 is 2.25. The zero-order chi connectivity index (χ0) is 7.56. The van der Waals surface area contributed by atoms with Crippen molar-refractivity contribution in [1.82, 2.24) is 0 Å². The molecule has 0 aliphatic heterocycles. The van der Waals surface area contributed by atoms with E-state index < -0.39 is 0 Å². The molecule has 0 N–H and O–H groups in total. The number of benzene rings is 1. The molecule has 2 heteroatoms. The van der Waals surface area contributed by atoms with Crippen molar-refractivity contribution in [3.63, 3.8) is 0 Å². The van der Waals surface area contributed by atoms with Crippen LogP contribution in [0.15, 0.2) is 24.3 Å². The molecule has 10 heavy (non-hydrogen) atoms. The Morgan fingerprint density at radius 3 is 2.30 bits per heavy atom. The van der Waals surface area contributed by atoms with Crippen LogP contribution in [0.5, 0.6) is 0 Å². The Bertz CT molecular complexity index is 220. The van der Waals surface area contributed by atoms with Gasteiger partial charge in [0.05, 0.1) is 0 Å². The van der Waals surface area contributed by atoms with Crippen molar-refractivity contribution in [1.29, 1.82) is 0 Å². The van der Waals surface area contributed by atoms with Crippen LogP contribution in [0.1, 0.15) is 5.56 Å². The number of anilines is 1. The van der Waals surface area contributed by atoms with E-state index in [2.05, 4.69) is 41.1 Å². The summed E-state index contributed by atoms with van der Waals surface area (Å²) in [4.78, 5) is 0. The van der Waals surface area contributed by atoms with Gasteiger partial charge in [-0.2, -0.15) is 0 Å². The SMILES string of the molecule is Cc1ccccc1[N](C)[In]. The Balaban J connectivity index is 3.03. The topological polar surface area (TPSA) is 3.24 Å². The van der Waals surface area contributed by atoms with Crippen molar-refractivity contribution in [3.05, 3.63) is 29.8 Å². The molecule has 0 fully saturated rings. The maximum atomic E-state index is 2.25. The Morgan fingerprint density at radius 1 is 1.30 bits per heavy atom. The number of nitrogens with zero attached hydrogens (tertiary/aromatic N) is 1. The molecule has 2 radical (unpaired) electrons. The third kappa shape index (κ3) is 1.69. The second-order valence-electron chi connectivity index (χ2n) is 2.40. The van der Waals surface area contributed by atoms with E-state index in [4.69, 9.17) is 0 Å². The summed E-state index contributed by atoms with van der Waals surface area (Å²) in [5.74, 6) is 0. The van der Waals surface area contributed by atoms with Crippen LogP contribution in [-0.4, -0.2) is 31.7 Å². The predicted molar refractivity (Wildman–Crippen MR) is 45.3 cm³/mol. The van der Waals surface area contributed by atoms with Crippen LogP contribution in [0.3, 0.4) is 0 Å². The Kier molecular flexibility index (Phi) is 2.66. The van der Waals surface area contributed by atoms with Crippen LogP contribution in [0.25, 0.3) is 0 Å². The van der Waals surface area contributed by atoms with Gasteiger partial charge < -0.3 is 0 Å². The van der Waals surface area contributed by atoms with Crippen molar-refractivity contribution in [2.45, 2.75) is 6.92 Å². The molecule has 1 rings (SSSR count). The van der Waals surface area contributed by atoms with Crippen molar-refractivity contribution in [2.75, 3.05) is 9.94 Å². The summed E-state index contributed by atoms with van der Waals surface area (Å²) in [7, 11) is 2.12. The molecule has 0 aromatic heterocycles. The van der Waals surface area contributed by atoms with Crippen molar-refractivity contribution < 1.29 is 0 Å². The standard InChI is InChI=1S/C8H10N.In/c1-7-5-3-4-6-8(7)9-2;/h3-6H,1-2H3;/q-1;+1. The Morgan fingerprint density at radius 2 is 1.90 bits per heavy atom. The van der Waals surface area contributed by atoms with Crippen LogP contribution in [0.4, 0.5) is 5.69 Å². The van der Waals surface area contributed by atoms with Crippen LogP contribution in [-0.2, 0) is 0 Å². The van der Waals surface area contributed by atoms with Crippen LogP contribution in [0.2, 0.25) is 0 Å². The fourth-order valence-corrected chi connectivity index (χ4v) is 1.79. The summed E-state index contributed by atoms with van der Waals surface area (Å²) >= 11 is 1.15. The number of hydrogen-bond acceptors (Lipinski definition) is 1. The molecule has 0 saturated carbocycles. The average molecular weight is 235 g/mol. The Labute approximate surface area is 77.0 Å². The molecule has 0 saturated heterocycles. The first-order valence-electron chi connectivity index (χ1n) is 3.26. The monoisotopic (exact) mass is 235 g/mol. The van der Waals surface area contributed by atoms with Gasteiger partial charge >= 0.3 is 77.0 Å². The Hall–Kier alpha value is -0.110. The van der Waals surface area contributed by atoms with Gasteiger partial charge in [-0.1, -0.05) is 0 Å². The van der Waals surface area contributed by atoms with E-state index in [-0.39, 0.29) is 0 Å². The van der Waals surface area contributed by atoms with E-state index in [1.165, 1.54) is 11.3 Å². The molecule has 0 atom stereocenters. The zero-order valence-corrected chi connectivity index (χ0v) is 9.63. The molecule has 50 valence electrons. The summed E-state index contributed by atoms with van der Waals surface area (Å²) in [6.45, 7) is 2.14. The fraction of sp³-hybridized carbons (Fsp3) is 0.250. The van der Waals surface area contributed by atoms with E-state index in [0.29, 0.717) is 0 Å². The van der Waals surface area contributed by atoms with E-state index in [1.807, 2.05) is 0 Å². The first-order chi connectivity index (χ1) is 4.72. The number of para-hydroxylation sites is 1. The molecule has 1 nitrogen and oxygen atoms in total. The number of hydrogen-bond donors (Lipinski definition) is 0. The minimum absolute atomic E-state index is 1.15. The molecule has 1 aromatic carbocycles. The van der Waals surface area contributed by atoms with Crippen LogP contribution in [0, 0.1) is 6.92 Å². The molecular weight excluding hydrogens is 225 g/mol. The normalized spacial score (nSPS) is 9.40. The van der Waals surface area contributed by atoms with Gasteiger partial charge in [0.2, 0.25) is 0 Å². The average Bonchev–Trinajstić information content (AvgIpc) is 1.88. The van der Waals surface area contributed by atoms with Gasteiger partial charge in [0, 0.05) is 0 Å². The first-order valence-corrected chi connectivity index (χ1v) is 4.73. The molecule has 0 spiro atoms. The van der Waals surface area contributed by atoms with Crippen LogP contribution >= 0.6 is 0 Å². The van der Waals surface area contributed by atoms with E-state index in [1.54, 1.807) is 0 Å². The van der Waals surface area contributed by atoms with Gasteiger partial charge in [0.1, 0.15) is 0 Å². The second kappa shape index (κ2) is 3.33. The third-order valence-electron chi connectivity index (χ3n) is 1.50. The fourth-order valence-electron chi connectivity index (χ4n) is 0.959. The van der Waals surface area contributed by atoms with Crippen LogP contribution < -0.4 is 2.89 Å². The number of aryl methyl sites for hydroxylation is 1. The van der Waals surface area contributed by atoms with E-state index in [9.17, 15) is 0 Å². The van der Waals surface area contributed by atoms with Gasteiger partial charge in [-0.05, 0) is 0 Å². The zero-order valence-electron chi connectivity index (χ0n) is 6.33. The molecule has 0 aliphatic rings. The van der Waals surface area contributed by atoms with Gasteiger partial charge in [0.15, 0.2) is 0 Å². The van der Waals surface area contributed by atoms with Gasteiger partial charge in [-0.3, -0.25) is 0 Å². The molecule has 0 unspecified atom stereocenters. The number of rotatable bonds is 1. The minimum atomic E-state index is 1.15. The molecule has 0 aliphatic carbocycles. The second-order valence-corrected chi connectivity index (χ2v) is 4.61. The summed E-state index contributed by atoms with van der Waals surface area (Å²) in [5, 5.41) is 0. The summed E-state index contributed by atoms with van der Waals surface area (Å²) in [6, 6.07) is 8.45. The van der Waals surface area contributed by atoms with Gasteiger partial charge in [-0.15, -0.1) is 0 Å². The predicted octanol–water partition coefficient (Wildman–Crippen LogP) is 1.51. The molecule has 0 bridgehead atoms. The van der Waals surface area contributed by atoms with E-state index >= 15 is 0 Å². The molecule has 1 aromatic rings. The van der Waals surface area contributed by atoms with Gasteiger partial charge in [-0.25, -0.2) is 0 Å². The summed E-state index contributed by atoms with van der Waals surface area (Å²) in [6.07, 6.45) is 0. The third-order valence-corrected chi connectivity index (χ3v) is 2.29. The molecule has 0 amide bonds. The maximum absolute atomic E-state index is 2.25. The van der Waals surface area contributed by atoms with Gasteiger partial charge in [0.25, 0.3) is 0 Å². The van der Waals surface area contributed by atoms with Crippen molar-refractivity contribution in [3.8, 4) is 0 Å². The molecular formula is C8H10InN. The van der Waals surface area contributed by atoms with E-state index in [0.717, 1.165) is 24.7 Å².